The molecule has 2 aromatic rings. The van der Waals surface area contributed by atoms with E-state index in [0.29, 0.717) is 6.54 Å². The number of carbonyl (C=O) groups is 1. The number of rotatable bonds is 1. The minimum atomic E-state index is -0.541. The zero-order valence-corrected chi connectivity index (χ0v) is 14.1. The second-order valence-corrected chi connectivity index (χ2v) is 7.07. The summed E-state index contributed by atoms with van der Waals surface area (Å²) in [6.07, 6.45) is 0.575. The van der Waals surface area contributed by atoms with Crippen molar-refractivity contribution in [1.82, 2.24) is 0 Å². The Morgan fingerprint density at radius 3 is 2.57 bits per heavy atom. The van der Waals surface area contributed by atoms with Crippen LogP contribution in [-0.4, -0.2) is 23.3 Å². The Hall–Kier alpha value is -2.23. The highest BCUT2D eigenvalue weighted by atomic mass is 16.6. The van der Waals surface area contributed by atoms with Gasteiger partial charge in [-0.25, -0.2) is 4.79 Å². The average molecular weight is 313 g/mol. The predicted octanol–water partition coefficient (Wildman–Crippen LogP) is 4.79. The van der Waals surface area contributed by atoms with Crippen LogP contribution in [-0.2, 0) is 4.74 Å². The number of hydrogen-bond acceptors (Lipinski definition) is 3. The predicted molar refractivity (Wildman–Crippen MR) is 92.2 cm³/mol. The van der Waals surface area contributed by atoms with Crippen molar-refractivity contribution < 1.29 is 14.6 Å². The van der Waals surface area contributed by atoms with Crippen molar-refractivity contribution >= 4 is 22.6 Å². The smallest absolute Gasteiger partial charge is 0.414 e. The Balaban J connectivity index is 2.13. The van der Waals surface area contributed by atoms with E-state index in [-0.39, 0.29) is 17.8 Å². The first-order chi connectivity index (χ1) is 10.8. The molecule has 0 aromatic heterocycles. The Labute approximate surface area is 136 Å². The Kier molecular flexibility index (Phi) is 3.71. The van der Waals surface area contributed by atoms with Gasteiger partial charge in [-0.2, -0.15) is 0 Å². The SMILES string of the molecule is CCC1CN(C(=O)OC(C)(C)C)c2cc(O)c3ccccc3c21. The highest BCUT2D eigenvalue weighted by molar-refractivity contribution is 6.01. The third-order valence-electron chi connectivity index (χ3n) is 4.25. The van der Waals surface area contributed by atoms with Crippen LogP contribution in [0.1, 0.15) is 45.6 Å². The number of phenols is 1. The second kappa shape index (κ2) is 5.44. The van der Waals surface area contributed by atoms with Crippen molar-refractivity contribution in [3.05, 3.63) is 35.9 Å². The van der Waals surface area contributed by atoms with Crippen LogP contribution in [0.2, 0.25) is 0 Å². The highest BCUT2D eigenvalue weighted by Crippen LogP contribution is 2.46. The molecule has 0 radical (unpaired) electrons. The molecule has 1 heterocycles. The number of anilines is 1. The summed E-state index contributed by atoms with van der Waals surface area (Å²) in [5, 5.41) is 12.2. The maximum atomic E-state index is 12.6. The summed E-state index contributed by atoms with van der Waals surface area (Å²) < 4.78 is 5.53. The van der Waals surface area contributed by atoms with Crippen LogP contribution in [0.5, 0.6) is 5.75 Å². The summed E-state index contributed by atoms with van der Waals surface area (Å²) in [6.45, 7) is 8.29. The number of nitrogens with zero attached hydrogens (tertiary/aromatic N) is 1. The maximum Gasteiger partial charge on any atom is 0.414 e. The van der Waals surface area contributed by atoms with E-state index in [0.717, 1.165) is 28.4 Å². The second-order valence-electron chi connectivity index (χ2n) is 7.07. The lowest BCUT2D eigenvalue weighted by molar-refractivity contribution is 0.0582. The summed E-state index contributed by atoms with van der Waals surface area (Å²) in [6, 6.07) is 9.49. The molecule has 0 saturated carbocycles. The fourth-order valence-corrected chi connectivity index (χ4v) is 3.25. The Morgan fingerprint density at radius 1 is 1.30 bits per heavy atom. The zero-order valence-electron chi connectivity index (χ0n) is 14.1. The van der Waals surface area contributed by atoms with Gasteiger partial charge in [0, 0.05) is 23.9 Å². The van der Waals surface area contributed by atoms with Gasteiger partial charge in [-0.05, 0) is 38.1 Å². The van der Waals surface area contributed by atoms with E-state index in [1.807, 2.05) is 45.0 Å². The first-order valence-corrected chi connectivity index (χ1v) is 8.07. The van der Waals surface area contributed by atoms with Crippen molar-refractivity contribution in [1.29, 1.82) is 0 Å². The molecule has 122 valence electrons. The topological polar surface area (TPSA) is 49.8 Å². The van der Waals surface area contributed by atoms with Gasteiger partial charge in [0.25, 0.3) is 0 Å². The number of amides is 1. The molecule has 1 amide bonds. The molecule has 2 aromatic carbocycles. The lowest BCUT2D eigenvalue weighted by atomic mass is 9.93. The molecule has 1 atom stereocenters. The lowest BCUT2D eigenvalue weighted by Gasteiger charge is -2.25. The van der Waals surface area contributed by atoms with Gasteiger partial charge in [0.2, 0.25) is 0 Å². The molecule has 0 aliphatic carbocycles. The number of ether oxygens (including phenoxy) is 1. The van der Waals surface area contributed by atoms with Gasteiger partial charge >= 0.3 is 6.09 Å². The molecule has 1 unspecified atom stereocenters. The van der Waals surface area contributed by atoms with Crippen LogP contribution < -0.4 is 4.90 Å². The van der Waals surface area contributed by atoms with Crippen molar-refractivity contribution in [3.8, 4) is 5.75 Å². The summed E-state index contributed by atoms with van der Waals surface area (Å²) in [4.78, 5) is 14.2. The molecule has 0 fully saturated rings. The molecule has 0 bridgehead atoms. The fourth-order valence-electron chi connectivity index (χ4n) is 3.25. The van der Waals surface area contributed by atoms with Gasteiger partial charge < -0.3 is 9.84 Å². The van der Waals surface area contributed by atoms with Crippen LogP contribution in [0.15, 0.2) is 30.3 Å². The van der Waals surface area contributed by atoms with Gasteiger partial charge in [-0.3, -0.25) is 4.90 Å². The molecule has 1 aliphatic heterocycles. The van der Waals surface area contributed by atoms with Crippen molar-refractivity contribution in [2.45, 2.75) is 45.6 Å². The fraction of sp³-hybridized carbons (Fsp3) is 0.421. The van der Waals surface area contributed by atoms with Crippen LogP contribution in [0.25, 0.3) is 10.8 Å². The normalized spacial score (nSPS) is 17.4. The summed E-state index contributed by atoms with van der Waals surface area (Å²) >= 11 is 0. The van der Waals surface area contributed by atoms with Crippen molar-refractivity contribution in [2.24, 2.45) is 0 Å². The van der Waals surface area contributed by atoms with Gasteiger partial charge in [0.15, 0.2) is 0 Å². The van der Waals surface area contributed by atoms with Gasteiger partial charge in [-0.15, -0.1) is 0 Å². The first kappa shape index (κ1) is 15.7. The van der Waals surface area contributed by atoms with Crippen molar-refractivity contribution in [3.63, 3.8) is 0 Å². The van der Waals surface area contributed by atoms with Crippen molar-refractivity contribution in [2.75, 3.05) is 11.4 Å². The monoisotopic (exact) mass is 313 g/mol. The van der Waals surface area contributed by atoms with Gasteiger partial charge in [0.05, 0.1) is 5.69 Å². The average Bonchev–Trinajstić information content (AvgIpc) is 2.84. The van der Waals surface area contributed by atoms with Crippen LogP contribution in [0.3, 0.4) is 0 Å². The standard InChI is InChI=1S/C19H23NO3/c1-5-12-11-20(18(22)23-19(2,3)4)15-10-16(21)13-8-6-7-9-14(13)17(12)15/h6-10,12,21H,5,11H2,1-4H3. The molecule has 1 N–H and O–H groups in total. The van der Waals surface area contributed by atoms with E-state index in [2.05, 4.69) is 6.92 Å². The molecule has 0 spiro atoms. The number of hydrogen-bond donors (Lipinski definition) is 1. The Morgan fingerprint density at radius 2 is 1.96 bits per heavy atom. The number of benzene rings is 2. The molecule has 0 saturated heterocycles. The van der Waals surface area contributed by atoms with Gasteiger partial charge in [0.1, 0.15) is 11.4 Å². The number of phenolic OH excluding ortho intramolecular Hbond substituents is 1. The number of fused-ring (bicyclic) bond motifs is 3. The quantitative estimate of drug-likeness (QED) is 0.823. The highest BCUT2D eigenvalue weighted by Gasteiger charge is 2.36. The molecular weight excluding hydrogens is 290 g/mol. The van der Waals surface area contributed by atoms with E-state index < -0.39 is 5.60 Å². The molecule has 23 heavy (non-hydrogen) atoms. The third-order valence-corrected chi connectivity index (χ3v) is 4.25. The third kappa shape index (κ3) is 2.74. The zero-order chi connectivity index (χ0) is 16.8. The largest absolute Gasteiger partial charge is 0.507 e. The summed E-state index contributed by atoms with van der Waals surface area (Å²) in [7, 11) is 0. The van der Waals surface area contributed by atoms with E-state index in [1.165, 1.54) is 0 Å². The van der Waals surface area contributed by atoms with Gasteiger partial charge in [-0.1, -0.05) is 31.2 Å². The molecule has 3 rings (SSSR count). The van der Waals surface area contributed by atoms with E-state index >= 15 is 0 Å². The summed E-state index contributed by atoms with van der Waals surface area (Å²) in [5.41, 5.74) is 1.36. The molecule has 4 heteroatoms. The van der Waals surface area contributed by atoms with E-state index in [9.17, 15) is 9.90 Å². The first-order valence-electron chi connectivity index (χ1n) is 8.07. The maximum absolute atomic E-state index is 12.6. The molecule has 4 nitrogen and oxygen atoms in total. The molecule has 1 aliphatic rings. The van der Waals surface area contributed by atoms with Crippen LogP contribution in [0.4, 0.5) is 10.5 Å². The number of aromatic hydroxyl groups is 1. The van der Waals surface area contributed by atoms with E-state index in [1.54, 1.807) is 11.0 Å². The lowest BCUT2D eigenvalue weighted by Crippen LogP contribution is -2.36. The Bertz CT molecular complexity index is 761. The minimum absolute atomic E-state index is 0.199. The summed E-state index contributed by atoms with van der Waals surface area (Å²) in [5.74, 6) is 0.452. The van der Waals surface area contributed by atoms with E-state index in [4.69, 9.17) is 4.74 Å². The molecular formula is C19H23NO3. The van der Waals surface area contributed by atoms with Crippen LogP contribution >= 0.6 is 0 Å². The minimum Gasteiger partial charge on any atom is -0.507 e. The number of carbonyl (C=O) groups excluding carboxylic acids is 1. The van der Waals surface area contributed by atoms with Crippen LogP contribution in [0, 0.1) is 0 Å².